The molecule has 114 valence electrons. The molecule has 0 spiro atoms. The third-order valence-corrected chi connectivity index (χ3v) is 4.53. The van der Waals surface area contributed by atoms with Gasteiger partial charge >= 0.3 is 6.18 Å². The van der Waals surface area contributed by atoms with Crippen LogP contribution in [0.5, 0.6) is 0 Å². The standard InChI is InChI=1S/C11H13ClF3NO3S/c1-10(2,6-17)16-20(18,19)9-5-7(11(13,14)15)3-4-8(9)12/h3-5,16-17H,6H2,1-2H3. The summed E-state index contributed by atoms with van der Waals surface area (Å²) in [5.41, 5.74) is -2.35. The summed E-state index contributed by atoms with van der Waals surface area (Å²) in [5.74, 6) is 0. The quantitative estimate of drug-likeness (QED) is 0.890. The first kappa shape index (κ1) is 17.2. The van der Waals surface area contributed by atoms with Gasteiger partial charge in [-0.2, -0.15) is 13.2 Å². The van der Waals surface area contributed by atoms with Crippen LogP contribution in [-0.4, -0.2) is 25.7 Å². The van der Waals surface area contributed by atoms with Crippen molar-refractivity contribution >= 4 is 21.6 Å². The van der Waals surface area contributed by atoms with Crippen LogP contribution < -0.4 is 4.72 Å². The molecule has 0 unspecified atom stereocenters. The van der Waals surface area contributed by atoms with Gasteiger partial charge < -0.3 is 5.11 Å². The Morgan fingerprint density at radius 2 is 1.85 bits per heavy atom. The third kappa shape index (κ3) is 4.08. The van der Waals surface area contributed by atoms with Gasteiger partial charge in [0.25, 0.3) is 0 Å². The number of aliphatic hydroxyl groups is 1. The van der Waals surface area contributed by atoms with Crippen LogP contribution in [0.15, 0.2) is 23.1 Å². The topological polar surface area (TPSA) is 66.4 Å². The molecule has 0 saturated carbocycles. The maximum atomic E-state index is 12.6. The second-order valence-corrected chi connectivity index (χ2v) is 6.85. The molecule has 0 amide bonds. The molecular weight excluding hydrogens is 319 g/mol. The summed E-state index contributed by atoms with van der Waals surface area (Å²) < 4.78 is 63.9. The molecule has 0 aliphatic rings. The van der Waals surface area contributed by atoms with Crippen LogP contribution in [0.25, 0.3) is 0 Å². The van der Waals surface area contributed by atoms with Crippen LogP contribution in [0.1, 0.15) is 19.4 Å². The molecule has 0 radical (unpaired) electrons. The zero-order valence-corrected chi connectivity index (χ0v) is 12.2. The molecule has 20 heavy (non-hydrogen) atoms. The summed E-state index contributed by atoms with van der Waals surface area (Å²) in [5, 5.41) is 8.68. The largest absolute Gasteiger partial charge is 0.416 e. The Morgan fingerprint density at radius 3 is 2.30 bits per heavy atom. The smallest absolute Gasteiger partial charge is 0.394 e. The summed E-state index contributed by atoms with van der Waals surface area (Å²) in [6.07, 6.45) is -4.68. The summed E-state index contributed by atoms with van der Waals surface area (Å²) in [6.45, 7) is 2.24. The normalized spacial score (nSPS) is 13.6. The number of aliphatic hydroxyl groups excluding tert-OH is 1. The van der Waals surface area contributed by atoms with Crippen molar-refractivity contribution in [3.8, 4) is 0 Å². The number of hydrogen-bond acceptors (Lipinski definition) is 3. The highest BCUT2D eigenvalue weighted by molar-refractivity contribution is 7.89. The van der Waals surface area contributed by atoms with Gasteiger partial charge in [-0.15, -0.1) is 0 Å². The monoisotopic (exact) mass is 331 g/mol. The summed E-state index contributed by atoms with van der Waals surface area (Å²) in [6, 6.07) is 2.02. The first-order chi connectivity index (χ1) is 8.89. The minimum atomic E-state index is -4.68. The molecule has 0 bridgehead atoms. The highest BCUT2D eigenvalue weighted by Gasteiger charge is 2.34. The van der Waals surface area contributed by atoms with E-state index >= 15 is 0 Å². The van der Waals surface area contributed by atoms with Gasteiger partial charge in [0.05, 0.1) is 22.7 Å². The summed E-state index contributed by atoms with van der Waals surface area (Å²) >= 11 is 5.65. The highest BCUT2D eigenvalue weighted by atomic mass is 35.5. The highest BCUT2D eigenvalue weighted by Crippen LogP contribution is 2.33. The molecule has 0 aromatic heterocycles. The maximum Gasteiger partial charge on any atom is 0.416 e. The fourth-order valence-electron chi connectivity index (χ4n) is 1.34. The summed E-state index contributed by atoms with van der Waals surface area (Å²) in [7, 11) is -4.29. The van der Waals surface area contributed by atoms with Gasteiger partial charge in [0, 0.05) is 0 Å². The third-order valence-electron chi connectivity index (χ3n) is 2.35. The Hall–Kier alpha value is -0.830. The number of nitrogens with one attached hydrogen (secondary N) is 1. The number of halogens is 4. The zero-order valence-electron chi connectivity index (χ0n) is 10.6. The molecule has 0 aliphatic heterocycles. The van der Waals surface area contributed by atoms with E-state index in [0.717, 1.165) is 6.07 Å². The molecule has 4 nitrogen and oxygen atoms in total. The number of hydrogen-bond donors (Lipinski definition) is 2. The van der Waals surface area contributed by atoms with Crippen LogP contribution in [0.3, 0.4) is 0 Å². The lowest BCUT2D eigenvalue weighted by Gasteiger charge is -2.23. The maximum absolute atomic E-state index is 12.6. The molecule has 1 aromatic rings. The van der Waals surface area contributed by atoms with Gasteiger partial charge in [0.1, 0.15) is 4.90 Å². The fourth-order valence-corrected chi connectivity index (χ4v) is 3.27. The zero-order chi connectivity index (χ0) is 15.8. The van der Waals surface area contributed by atoms with Crippen molar-refractivity contribution < 1.29 is 26.7 Å². The van der Waals surface area contributed by atoms with E-state index in [2.05, 4.69) is 4.72 Å². The van der Waals surface area contributed by atoms with E-state index in [1.807, 2.05) is 0 Å². The molecule has 9 heteroatoms. The van der Waals surface area contributed by atoms with E-state index in [1.165, 1.54) is 13.8 Å². The van der Waals surface area contributed by atoms with Crippen LogP contribution in [-0.2, 0) is 16.2 Å². The first-order valence-corrected chi connectivity index (χ1v) is 7.27. The average Bonchev–Trinajstić information content (AvgIpc) is 2.26. The van der Waals surface area contributed by atoms with Gasteiger partial charge in [0.2, 0.25) is 10.0 Å². The van der Waals surface area contributed by atoms with Crippen molar-refractivity contribution in [3.05, 3.63) is 28.8 Å². The number of benzene rings is 1. The van der Waals surface area contributed by atoms with Crippen molar-refractivity contribution in [2.24, 2.45) is 0 Å². The predicted octanol–water partition coefficient (Wildman–Crippen LogP) is 2.41. The van der Waals surface area contributed by atoms with E-state index in [4.69, 9.17) is 16.7 Å². The predicted molar refractivity (Wildman–Crippen MR) is 67.9 cm³/mol. The molecule has 0 heterocycles. The lowest BCUT2D eigenvalue weighted by molar-refractivity contribution is -0.137. The lowest BCUT2D eigenvalue weighted by Crippen LogP contribution is -2.46. The van der Waals surface area contributed by atoms with Crippen molar-refractivity contribution in [3.63, 3.8) is 0 Å². The molecule has 0 atom stereocenters. The Kier molecular flexibility index (Phi) is 4.75. The van der Waals surface area contributed by atoms with Gasteiger partial charge in [0.15, 0.2) is 0 Å². The minimum absolute atomic E-state index is 0.334. The van der Waals surface area contributed by atoms with E-state index in [9.17, 15) is 21.6 Å². The molecular formula is C11H13ClF3NO3S. The SMILES string of the molecule is CC(C)(CO)NS(=O)(=O)c1cc(C(F)(F)F)ccc1Cl. The molecule has 0 fully saturated rings. The second-order valence-electron chi connectivity index (χ2n) is 4.79. The van der Waals surface area contributed by atoms with E-state index in [1.54, 1.807) is 0 Å². The van der Waals surface area contributed by atoms with Gasteiger partial charge in [-0.25, -0.2) is 13.1 Å². The van der Waals surface area contributed by atoms with Crippen molar-refractivity contribution in [2.45, 2.75) is 30.5 Å². The van der Waals surface area contributed by atoms with Gasteiger partial charge in [-0.05, 0) is 32.0 Å². The summed E-state index contributed by atoms with van der Waals surface area (Å²) in [4.78, 5) is -0.685. The Bertz CT molecular complexity index is 599. The van der Waals surface area contributed by atoms with Crippen molar-refractivity contribution in [2.75, 3.05) is 6.61 Å². The minimum Gasteiger partial charge on any atom is -0.394 e. The molecule has 2 N–H and O–H groups in total. The molecule has 0 saturated heterocycles. The Labute approximate surface area is 119 Å². The number of rotatable bonds is 4. The van der Waals surface area contributed by atoms with Crippen LogP contribution in [0.4, 0.5) is 13.2 Å². The molecule has 1 rings (SSSR count). The van der Waals surface area contributed by atoms with Gasteiger partial charge in [-0.1, -0.05) is 11.6 Å². The van der Waals surface area contributed by atoms with Crippen molar-refractivity contribution in [1.29, 1.82) is 0 Å². The van der Waals surface area contributed by atoms with Crippen molar-refractivity contribution in [1.82, 2.24) is 4.72 Å². The van der Waals surface area contributed by atoms with Crippen LogP contribution >= 0.6 is 11.6 Å². The second kappa shape index (κ2) is 5.51. The number of sulfonamides is 1. The Balaban J connectivity index is 3.32. The van der Waals surface area contributed by atoms with E-state index in [0.29, 0.717) is 12.1 Å². The number of alkyl halides is 3. The lowest BCUT2D eigenvalue weighted by atomic mass is 10.1. The molecule has 0 aliphatic carbocycles. The first-order valence-electron chi connectivity index (χ1n) is 5.41. The van der Waals surface area contributed by atoms with Crippen LogP contribution in [0.2, 0.25) is 5.02 Å². The van der Waals surface area contributed by atoms with Crippen LogP contribution in [0, 0.1) is 0 Å². The van der Waals surface area contributed by atoms with E-state index in [-0.39, 0.29) is 5.02 Å². The van der Waals surface area contributed by atoms with Gasteiger partial charge in [-0.3, -0.25) is 0 Å². The fraction of sp³-hybridized carbons (Fsp3) is 0.455. The molecule has 1 aromatic carbocycles. The Morgan fingerprint density at radius 1 is 1.30 bits per heavy atom. The average molecular weight is 332 g/mol. The van der Waals surface area contributed by atoms with E-state index < -0.39 is 38.8 Å².